The third-order valence-corrected chi connectivity index (χ3v) is 4.44. The molecule has 1 amide bonds. The van der Waals surface area contributed by atoms with E-state index in [0.717, 1.165) is 10.0 Å². The van der Waals surface area contributed by atoms with E-state index in [1.165, 1.54) is 9.13 Å². The fraction of sp³-hybridized carbons (Fsp3) is 0.167. The lowest BCUT2D eigenvalue weighted by Gasteiger charge is -2.12. The molecule has 1 heterocycles. The second-order valence-electron chi connectivity index (χ2n) is 5.65. The number of aryl methyl sites for hydroxylation is 1. The summed E-state index contributed by atoms with van der Waals surface area (Å²) in [6, 6.07) is 14.6. The van der Waals surface area contributed by atoms with E-state index in [-0.39, 0.29) is 12.5 Å². The topological polar surface area (TPSA) is 73.1 Å². The molecule has 0 spiro atoms. The quantitative estimate of drug-likeness (QED) is 0.677. The summed E-state index contributed by atoms with van der Waals surface area (Å²) in [4.78, 5) is 36.7. The summed E-state index contributed by atoms with van der Waals surface area (Å²) in [5, 5.41) is 2.77. The Bertz CT molecular complexity index is 1070. The van der Waals surface area contributed by atoms with Gasteiger partial charge >= 0.3 is 11.1 Å². The molecule has 6 nitrogen and oxygen atoms in total. The third-order valence-electron chi connectivity index (χ3n) is 3.95. The molecule has 0 atom stereocenters. The Labute approximate surface area is 151 Å². The Hall–Kier alpha value is -2.67. The van der Waals surface area contributed by atoms with Gasteiger partial charge in [0.1, 0.15) is 6.54 Å². The number of benzene rings is 2. The van der Waals surface area contributed by atoms with Crippen molar-refractivity contribution in [1.29, 1.82) is 0 Å². The molecule has 0 fully saturated rings. The van der Waals surface area contributed by atoms with Crippen molar-refractivity contribution in [1.82, 2.24) is 14.5 Å². The van der Waals surface area contributed by atoms with Gasteiger partial charge in [-0.3, -0.25) is 19.0 Å². The van der Waals surface area contributed by atoms with Crippen molar-refractivity contribution in [2.45, 2.75) is 13.1 Å². The zero-order valence-electron chi connectivity index (χ0n) is 13.5. The second-order valence-corrected chi connectivity index (χ2v) is 6.57. The number of carbonyl (C=O) groups excluding carboxylic acids is 1. The molecular weight excluding hydrogens is 386 g/mol. The lowest BCUT2D eigenvalue weighted by Crippen LogP contribution is -2.43. The summed E-state index contributed by atoms with van der Waals surface area (Å²) in [6.45, 7) is 0.138. The fourth-order valence-corrected chi connectivity index (χ4v) is 3.10. The highest BCUT2D eigenvalue weighted by atomic mass is 79.9. The number of halogens is 1. The molecule has 0 aliphatic carbocycles. The van der Waals surface area contributed by atoms with E-state index >= 15 is 0 Å². The molecule has 0 aliphatic rings. The van der Waals surface area contributed by atoms with E-state index in [9.17, 15) is 14.4 Å². The van der Waals surface area contributed by atoms with Crippen LogP contribution >= 0.6 is 15.9 Å². The molecule has 25 heavy (non-hydrogen) atoms. The molecule has 128 valence electrons. The Balaban J connectivity index is 1.86. The molecule has 2 aromatic carbocycles. The van der Waals surface area contributed by atoms with Crippen molar-refractivity contribution in [2.75, 3.05) is 0 Å². The summed E-state index contributed by atoms with van der Waals surface area (Å²) < 4.78 is 3.44. The van der Waals surface area contributed by atoms with Crippen molar-refractivity contribution in [3.8, 4) is 0 Å². The largest absolute Gasteiger partial charge is 0.350 e. The lowest BCUT2D eigenvalue weighted by molar-refractivity contribution is -0.121. The summed E-state index contributed by atoms with van der Waals surface area (Å²) in [5.74, 6) is -0.333. The van der Waals surface area contributed by atoms with Crippen molar-refractivity contribution in [2.24, 2.45) is 7.05 Å². The number of carbonyl (C=O) groups is 1. The molecule has 0 bridgehead atoms. The van der Waals surface area contributed by atoms with E-state index in [4.69, 9.17) is 0 Å². The van der Waals surface area contributed by atoms with E-state index in [1.807, 2.05) is 24.3 Å². The molecule has 7 heteroatoms. The molecule has 0 saturated heterocycles. The maximum atomic E-state index is 12.3. The number of fused-ring (bicyclic) bond motifs is 1. The molecule has 0 saturated carbocycles. The number of rotatable bonds is 4. The van der Waals surface area contributed by atoms with Crippen LogP contribution in [0.3, 0.4) is 0 Å². The summed E-state index contributed by atoms with van der Waals surface area (Å²) >= 11 is 3.38. The molecule has 3 rings (SSSR count). The fourth-order valence-electron chi connectivity index (χ4n) is 2.66. The SMILES string of the molecule is Cn1c(=O)c(=O)n(CC(=O)NCc2cccc(Br)c2)c2ccccc21. The number of amides is 1. The van der Waals surface area contributed by atoms with Gasteiger partial charge in [-0.05, 0) is 29.8 Å². The van der Waals surface area contributed by atoms with Gasteiger partial charge in [0.25, 0.3) is 0 Å². The van der Waals surface area contributed by atoms with Crippen LogP contribution in [0.4, 0.5) is 0 Å². The van der Waals surface area contributed by atoms with Gasteiger partial charge in [0.15, 0.2) is 0 Å². The van der Waals surface area contributed by atoms with Gasteiger partial charge in [0.2, 0.25) is 5.91 Å². The first kappa shape index (κ1) is 17.2. The molecule has 0 unspecified atom stereocenters. The van der Waals surface area contributed by atoms with Crippen LogP contribution in [0.25, 0.3) is 11.0 Å². The van der Waals surface area contributed by atoms with Crippen LogP contribution in [0.5, 0.6) is 0 Å². The van der Waals surface area contributed by atoms with Crippen LogP contribution in [0.2, 0.25) is 0 Å². The average Bonchev–Trinajstić information content (AvgIpc) is 2.62. The molecule has 0 aliphatic heterocycles. The second kappa shape index (κ2) is 7.06. The number of aromatic nitrogens is 2. The molecular formula is C18H16BrN3O3. The zero-order valence-corrected chi connectivity index (χ0v) is 15.1. The molecule has 3 aromatic rings. The Kier molecular flexibility index (Phi) is 4.85. The van der Waals surface area contributed by atoms with Crippen molar-refractivity contribution in [3.05, 3.63) is 79.3 Å². The molecule has 0 radical (unpaired) electrons. The van der Waals surface area contributed by atoms with Gasteiger partial charge < -0.3 is 9.88 Å². The van der Waals surface area contributed by atoms with E-state index < -0.39 is 11.1 Å². The number of nitrogens with zero attached hydrogens (tertiary/aromatic N) is 2. The minimum absolute atomic E-state index is 0.205. The molecule has 1 N–H and O–H groups in total. The van der Waals surface area contributed by atoms with Crippen LogP contribution in [0.1, 0.15) is 5.56 Å². The lowest BCUT2D eigenvalue weighted by atomic mass is 10.2. The smallest absolute Gasteiger partial charge is 0.317 e. The van der Waals surface area contributed by atoms with E-state index in [2.05, 4.69) is 21.2 Å². The molecule has 1 aromatic heterocycles. The minimum Gasteiger partial charge on any atom is -0.350 e. The zero-order chi connectivity index (χ0) is 18.0. The summed E-state index contributed by atoms with van der Waals surface area (Å²) in [5.41, 5.74) is 0.722. The highest BCUT2D eigenvalue weighted by molar-refractivity contribution is 9.10. The van der Waals surface area contributed by atoms with Crippen LogP contribution in [-0.4, -0.2) is 15.0 Å². The Morgan fingerprint density at radius 1 is 1.04 bits per heavy atom. The van der Waals surface area contributed by atoms with Crippen LogP contribution in [0, 0.1) is 0 Å². The highest BCUT2D eigenvalue weighted by Crippen LogP contribution is 2.11. The van der Waals surface area contributed by atoms with Crippen LogP contribution < -0.4 is 16.4 Å². The van der Waals surface area contributed by atoms with Gasteiger partial charge in [-0.2, -0.15) is 0 Å². The number of nitrogens with one attached hydrogen (secondary N) is 1. The van der Waals surface area contributed by atoms with Gasteiger partial charge in [0, 0.05) is 18.1 Å². The summed E-state index contributed by atoms with van der Waals surface area (Å²) in [7, 11) is 1.55. The van der Waals surface area contributed by atoms with Gasteiger partial charge in [-0.25, -0.2) is 0 Å². The Morgan fingerprint density at radius 3 is 2.48 bits per heavy atom. The Morgan fingerprint density at radius 2 is 1.76 bits per heavy atom. The number of hydrogen-bond acceptors (Lipinski definition) is 3. The minimum atomic E-state index is -0.709. The maximum Gasteiger partial charge on any atom is 0.317 e. The van der Waals surface area contributed by atoms with E-state index in [0.29, 0.717) is 17.6 Å². The van der Waals surface area contributed by atoms with Crippen molar-refractivity contribution >= 4 is 32.9 Å². The first-order valence-electron chi connectivity index (χ1n) is 7.67. The normalized spacial score (nSPS) is 10.8. The van der Waals surface area contributed by atoms with E-state index in [1.54, 1.807) is 31.3 Å². The van der Waals surface area contributed by atoms with Gasteiger partial charge in [-0.1, -0.05) is 40.2 Å². The van der Waals surface area contributed by atoms with Gasteiger partial charge in [-0.15, -0.1) is 0 Å². The number of para-hydroxylation sites is 2. The predicted octanol–water partition coefficient (Wildman–Crippen LogP) is 1.78. The predicted molar refractivity (Wildman–Crippen MR) is 99.4 cm³/mol. The number of hydrogen-bond donors (Lipinski definition) is 1. The average molecular weight is 402 g/mol. The standard InChI is InChI=1S/C18H16BrN3O3/c1-21-14-7-2-3-8-15(14)22(18(25)17(21)24)11-16(23)20-10-12-5-4-6-13(19)9-12/h2-9H,10-11H2,1H3,(H,20,23). The van der Waals surface area contributed by atoms with Crippen LogP contribution in [-0.2, 0) is 24.9 Å². The first-order valence-corrected chi connectivity index (χ1v) is 8.46. The van der Waals surface area contributed by atoms with Crippen molar-refractivity contribution in [3.63, 3.8) is 0 Å². The van der Waals surface area contributed by atoms with Crippen LogP contribution in [0.15, 0.2) is 62.6 Å². The van der Waals surface area contributed by atoms with Gasteiger partial charge in [0.05, 0.1) is 11.0 Å². The maximum absolute atomic E-state index is 12.3. The monoisotopic (exact) mass is 401 g/mol. The highest BCUT2D eigenvalue weighted by Gasteiger charge is 2.13. The van der Waals surface area contributed by atoms with Crippen molar-refractivity contribution < 1.29 is 4.79 Å². The summed E-state index contributed by atoms with van der Waals surface area (Å²) in [6.07, 6.45) is 0. The first-order chi connectivity index (χ1) is 12.0. The third kappa shape index (κ3) is 3.56.